The van der Waals surface area contributed by atoms with Gasteiger partial charge in [0.25, 0.3) is 5.69 Å². The van der Waals surface area contributed by atoms with Crippen LogP contribution in [-0.4, -0.2) is 30.9 Å². The van der Waals surface area contributed by atoms with Gasteiger partial charge < -0.3 is 5.32 Å². The summed E-state index contributed by atoms with van der Waals surface area (Å²) in [6.07, 6.45) is 2.42. The van der Waals surface area contributed by atoms with Crippen LogP contribution in [0.4, 0.5) is 11.6 Å². The first-order valence-electron chi connectivity index (χ1n) is 7.90. The van der Waals surface area contributed by atoms with Crippen molar-refractivity contribution in [1.29, 1.82) is 0 Å². The summed E-state index contributed by atoms with van der Waals surface area (Å²) < 4.78 is 1.53. The average Bonchev–Trinajstić information content (AvgIpc) is 2.99. The molecule has 0 bridgehead atoms. The summed E-state index contributed by atoms with van der Waals surface area (Å²) in [7, 11) is 0. The molecule has 0 unspecified atom stereocenters. The molecule has 0 saturated heterocycles. The standard InChI is InChI=1S/C16H16N6O3/c1-16(2)7-11-13(12(23)8-16)14(21-15(17-11)18-19-20-21)9-4-3-5-10(6-9)22(24)25/h3-7,13-14H,8H2,1-2H3,(H,17,18,20)/t13-,14-/m1/s1. The predicted molar refractivity (Wildman–Crippen MR) is 87.7 cm³/mol. The lowest BCUT2D eigenvalue weighted by atomic mass is 9.72. The number of aromatic nitrogens is 4. The lowest BCUT2D eigenvalue weighted by Gasteiger charge is -2.39. The van der Waals surface area contributed by atoms with Crippen LogP contribution in [0.25, 0.3) is 0 Å². The molecule has 1 aromatic heterocycles. The number of carbonyl (C=O) groups is 1. The summed E-state index contributed by atoms with van der Waals surface area (Å²) >= 11 is 0. The topological polar surface area (TPSA) is 116 Å². The van der Waals surface area contributed by atoms with Gasteiger partial charge in [-0.25, -0.2) is 4.68 Å². The van der Waals surface area contributed by atoms with Gasteiger partial charge in [0.05, 0.1) is 16.9 Å². The van der Waals surface area contributed by atoms with Gasteiger partial charge in [-0.3, -0.25) is 14.9 Å². The van der Waals surface area contributed by atoms with Crippen LogP contribution in [0.5, 0.6) is 0 Å². The number of carbonyl (C=O) groups excluding carboxylic acids is 1. The van der Waals surface area contributed by atoms with Crippen LogP contribution in [0.15, 0.2) is 36.0 Å². The second-order valence-corrected chi connectivity index (χ2v) is 7.08. The van der Waals surface area contributed by atoms with Crippen LogP contribution in [-0.2, 0) is 4.79 Å². The molecule has 9 nitrogen and oxygen atoms in total. The van der Waals surface area contributed by atoms with Gasteiger partial charge in [0.15, 0.2) is 0 Å². The van der Waals surface area contributed by atoms with Crippen molar-refractivity contribution in [1.82, 2.24) is 20.2 Å². The monoisotopic (exact) mass is 340 g/mol. The van der Waals surface area contributed by atoms with Crippen molar-refractivity contribution in [2.24, 2.45) is 11.3 Å². The number of nitro groups is 1. The van der Waals surface area contributed by atoms with Crippen LogP contribution in [0.2, 0.25) is 0 Å². The summed E-state index contributed by atoms with van der Waals surface area (Å²) in [6, 6.07) is 5.76. The van der Waals surface area contributed by atoms with E-state index in [4.69, 9.17) is 0 Å². The van der Waals surface area contributed by atoms with E-state index in [1.807, 2.05) is 19.9 Å². The van der Waals surface area contributed by atoms with Gasteiger partial charge in [0.1, 0.15) is 5.78 Å². The van der Waals surface area contributed by atoms with Crippen LogP contribution < -0.4 is 5.32 Å². The molecule has 2 heterocycles. The summed E-state index contributed by atoms with van der Waals surface area (Å²) in [5, 5.41) is 25.9. The maximum absolute atomic E-state index is 12.9. The molecule has 2 aromatic rings. The fraction of sp³-hybridized carbons (Fsp3) is 0.375. The Labute approximate surface area is 142 Å². The predicted octanol–water partition coefficient (Wildman–Crippen LogP) is 2.10. The summed E-state index contributed by atoms with van der Waals surface area (Å²) in [4.78, 5) is 23.6. The number of allylic oxidation sites excluding steroid dienone is 2. The maximum Gasteiger partial charge on any atom is 0.269 e. The molecule has 0 amide bonds. The van der Waals surface area contributed by atoms with Crippen molar-refractivity contribution in [3.8, 4) is 0 Å². The molecule has 4 rings (SSSR count). The van der Waals surface area contributed by atoms with Crippen molar-refractivity contribution in [2.75, 3.05) is 5.32 Å². The molecule has 0 spiro atoms. The Balaban J connectivity index is 1.90. The molecule has 1 aromatic carbocycles. The SMILES string of the molecule is CC1(C)C=C2Nc3nnnn3[C@H](c3cccc([N+](=O)[O-])c3)[C@H]2C(=O)C1. The number of ketones is 1. The highest BCUT2D eigenvalue weighted by molar-refractivity contribution is 5.88. The van der Waals surface area contributed by atoms with Gasteiger partial charge in [-0.05, 0) is 21.4 Å². The Bertz CT molecular complexity index is 916. The zero-order valence-electron chi connectivity index (χ0n) is 13.7. The van der Waals surface area contributed by atoms with E-state index in [0.29, 0.717) is 17.9 Å². The number of fused-ring (bicyclic) bond motifs is 2. The van der Waals surface area contributed by atoms with Crippen LogP contribution in [0, 0.1) is 21.4 Å². The van der Waals surface area contributed by atoms with E-state index in [1.54, 1.807) is 12.1 Å². The van der Waals surface area contributed by atoms with Crippen molar-refractivity contribution >= 4 is 17.4 Å². The molecule has 1 aliphatic heterocycles. The van der Waals surface area contributed by atoms with Gasteiger partial charge in [-0.2, -0.15) is 0 Å². The summed E-state index contributed by atoms with van der Waals surface area (Å²) in [5.41, 5.74) is 1.09. The number of rotatable bonds is 2. The lowest BCUT2D eigenvalue weighted by Crippen LogP contribution is -2.42. The van der Waals surface area contributed by atoms with E-state index < -0.39 is 16.9 Å². The quantitative estimate of drug-likeness (QED) is 0.657. The third-order valence-corrected chi connectivity index (χ3v) is 4.61. The lowest BCUT2D eigenvalue weighted by molar-refractivity contribution is -0.384. The molecule has 128 valence electrons. The maximum atomic E-state index is 12.9. The second-order valence-electron chi connectivity index (χ2n) is 7.08. The van der Waals surface area contributed by atoms with Gasteiger partial charge in [-0.15, -0.1) is 0 Å². The number of non-ortho nitro benzene ring substituents is 1. The van der Waals surface area contributed by atoms with Gasteiger partial charge in [0.2, 0.25) is 5.95 Å². The zero-order chi connectivity index (χ0) is 17.8. The molecule has 1 aliphatic carbocycles. The molecule has 1 N–H and O–H groups in total. The number of nitro benzene ring substituents is 1. The van der Waals surface area contributed by atoms with Gasteiger partial charge in [-0.1, -0.05) is 37.2 Å². The van der Waals surface area contributed by atoms with Crippen molar-refractivity contribution in [2.45, 2.75) is 26.3 Å². The molecule has 0 fully saturated rings. The number of nitrogens with one attached hydrogen (secondary N) is 1. The third-order valence-electron chi connectivity index (χ3n) is 4.61. The van der Waals surface area contributed by atoms with Crippen molar-refractivity contribution in [3.63, 3.8) is 0 Å². The molecule has 2 aliphatic rings. The number of tetrazole rings is 1. The van der Waals surface area contributed by atoms with Gasteiger partial charge in [0, 0.05) is 24.3 Å². The van der Waals surface area contributed by atoms with E-state index in [2.05, 4.69) is 20.8 Å². The Morgan fingerprint density at radius 2 is 2.20 bits per heavy atom. The Hall–Kier alpha value is -3.10. The number of hydrogen-bond acceptors (Lipinski definition) is 7. The smallest absolute Gasteiger partial charge is 0.269 e. The van der Waals surface area contributed by atoms with Crippen LogP contribution in [0.1, 0.15) is 31.9 Å². The molecular formula is C16H16N6O3. The third kappa shape index (κ3) is 2.48. The minimum absolute atomic E-state index is 0.0280. The molecule has 2 atom stereocenters. The highest BCUT2D eigenvalue weighted by Crippen LogP contribution is 2.45. The largest absolute Gasteiger partial charge is 0.326 e. The molecule has 9 heteroatoms. The normalized spacial score (nSPS) is 23.9. The van der Waals surface area contributed by atoms with E-state index in [9.17, 15) is 14.9 Å². The number of benzene rings is 1. The highest BCUT2D eigenvalue weighted by atomic mass is 16.6. The number of nitrogens with zero attached hydrogens (tertiary/aromatic N) is 5. The molecule has 0 saturated carbocycles. The number of anilines is 1. The summed E-state index contributed by atoms with van der Waals surface area (Å²) in [6.45, 7) is 3.99. The van der Waals surface area contributed by atoms with Crippen LogP contribution >= 0.6 is 0 Å². The molecular weight excluding hydrogens is 324 g/mol. The Morgan fingerprint density at radius 3 is 2.96 bits per heavy atom. The van der Waals surface area contributed by atoms with Crippen molar-refractivity contribution in [3.05, 3.63) is 51.7 Å². The number of Topliss-reactive ketones (excluding diaryl/α,β-unsaturated/α-hetero) is 1. The Morgan fingerprint density at radius 1 is 1.40 bits per heavy atom. The van der Waals surface area contributed by atoms with E-state index >= 15 is 0 Å². The fourth-order valence-corrected chi connectivity index (χ4v) is 3.64. The van der Waals surface area contributed by atoms with E-state index in [-0.39, 0.29) is 16.9 Å². The highest BCUT2D eigenvalue weighted by Gasteiger charge is 2.45. The first-order valence-corrected chi connectivity index (χ1v) is 7.90. The molecule has 0 radical (unpaired) electrons. The van der Waals surface area contributed by atoms with Gasteiger partial charge >= 0.3 is 0 Å². The van der Waals surface area contributed by atoms with Crippen LogP contribution in [0.3, 0.4) is 0 Å². The average molecular weight is 340 g/mol. The van der Waals surface area contributed by atoms with E-state index in [1.165, 1.54) is 16.8 Å². The van der Waals surface area contributed by atoms with Crippen molar-refractivity contribution < 1.29 is 9.72 Å². The minimum Gasteiger partial charge on any atom is -0.326 e. The first-order chi connectivity index (χ1) is 11.9. The first kappa shape index (κ1) is 15.4. The zero-order valence-corrected chi connectivity index (χ0v) is 13.7. The fourth-order valence-electron chi connectivity index (χ4n) is 3.64. The summed E-state index contributed by atoms with van der Waals surface area (Å²) in [5.74, 6) is -0.0109. The number of hydrogen-bond donors (Lipinski definition) is 1. The van der Waals surface area contributed by atoms with E-state index in [0.717, 1.165) is 5.70 Å². The second kappa shape index (κ2) is 5.20. The molecule has 25 heavy (non-hydrogen) atoms. The Kier molecular flexibility index (Phi) is 3.21. The minimum atomic E-state index is -0.513.